The van der Waals surface area contributed by atoms with Crippen molar-refractivity contribution < 1.29 is 14.3 Å². The van der Waals surface area contributed by atoms with E-state index in [-0.39, 0.29) is 11.8 Å². The Morgan fingerprint density at radius 3 is 2.47 bits per heavy atom. The number of aryl methyl sites for hydroxylation is 2. The van der Waals surface area contributed by atoms with E-state index in [2.05, 4.69) is 0 Å². The first-order valence-electron chi connectivity index (χ1n) is 11.9. The van der Waals surface area contributed by atoms with E-state index in [0.717, 1.165) is 54.9 Å². The Labute approximate surface area is 190 Å². The van der Waals surface area contributed by atoms with Crippen molar-refractivity contribution in [2.45, 2.75) is 58.4 Å². The van der Waals surface area contributed by atoms with Gasteiger partial charge in [0.15, 0.2) is 0 Å². The van der Waals surface area contributed by atoms with Gasteiger partial charge in [0, 0.05) is 63.7 Å². The summed E-state index contributed by atoms with van der Waals surface area (Å²) in [6, 6.07) is 7.75. The second-order valence-corrected chi connectivity index (χ2v) is 8.76. The number of carbonyl (C=O) groups is 2. The fourth-order valence-corrected chi connectivity index (χ4v) is 4.77. The van der Waals surface area contributed by atoms with Crippen LogP contribution in [0.3, 0.4) is 0 Å². The van der Waals surface area contributed by atoms with Crippen LogP contribution in [-0.4, -0.2) is 57.6 Å². The second-order valence-electron chi connectivity index (χ2n) is 8.76. The summed E-state index contributed by atoms with van der Waals surface area (Å²) in [5, 5.41) is 4.71. The van der Waals surface area contributed by atoms with E-state index in [1.807, 2.05) is 52.7 Å². The van der Waals surface area contributed by atoms with Gasteiger partial charge in [0.05, 0.1) is 18.7 Å². The van der Waals surface area contributed by atoms with Gasteiger partial charge in [0.1, 0.15) is 5.75 Å². The third-order valence-electron chi connectivity index (χ3n) is 6.55. The summed E-state index contributed by atoms with van der Waals surface area (Å²) in [5.74, 6) is 1.17. The van der Waals surface area contributed by atoms with Gasteiger partial charge in [-0.3, -0.25) is 14.3 Å². The van der Waals surface area contributed by atoms with Crippen LogP contribution >= 0.6 is 0 Å². The Kier molecular flexibility index (Phi) is 7.12. The normalized spacial score (nSPS) is 16.1. The van der Waals surface area contributed by atoms with Crippen LogP contribution in [0.2, 0.25) is 0 Å². The van der Waals surface area contributed by atoms with E-state index >= 15 is 0 Å². The molecule has 0 spiro atoms. The molecular weight excluding hydrogens is 404 g/mol. The fourth-order valence-electron chi connectivity index (χ4n) is 4.77. The summed E-state index contributed by atoms with van der Waals surface area (Å²) in [5.41, 5.74) is 4.27. The number of nitrogens with zero attached hydrogens (tertiary/aromatic N) is 4. The molecule has 0 unspecified atom stereocenters. The van der Waals surface area contributed by atoms with E-state index in [1.165, 1.54) is 12.1 Å². The van der Waals surface area contributed by atoms with Crippen molar-refractivity contribution in [3.05, 3.63) is 46.8 Å². The molecule has 0 atom stereocenters. The number of fused-ring (bicyclic) bond motifs is 1. The molecule has 0 N–H and O–H groups in total. The third kappa shape index (κ3) is 5.14. The van der Waals surface area contributed by atoms with Crippen molar-refractivity contribution in [2.24, 2.45) is 7.05 Å². The van der Waals surface area contributed by atoms with Crippen LogP contribution in [0.1, 0.15) is 55.1 Å². The number of piperidine rings is 1. The van der Waals surface area contributed by atoms with Gasteiger partial charge in [-0.05, 0) is 43.9 Å². The van der Waals surface area contributed by atoms with Crippen LogP contribution < -0.4 is 4.74 Å². The molecule has 32 heavy (non-hydrogen) atoms. The molecule has 0 bridgehead atoms. The number of carbonyl (C=O) groups excluding carboxylic acids is 2. The molecule has 2 aromatic rings. The molecule has 172 valence electrons. The lowest BCUT2D eigenvalue weighted by Gasteiger charge is -2.28. The van der Waals surface area contributed by atoms with E-state index in [0.29, 0.717) is 39.0 Å². The van der Waals surface area contributed by atoms with Crippen LogP contribution in [-0.2, 0) is 42.4 Å². The van der Waals surface area contributed by atoms with Crippen LogP contribution in [0.25, 0.3) is 0 Å². The molecule has 2 aliphatic rings. The highest BCUT2D eigenvalue weighted by atomic mass is 16.5. The standard InChI is InChI=1S/C25H34N4O3/c1-3-32-20-9-7-19(8-10-20)17-25(31)29-16-13-23-21(18-29)22(26-27(23)2)11-12-24(30)28-14-5-4-6-15-28/h7-10H,3-6,11-18H2,1-2H3. The average molecular weight is 439 g/mol. The van der Waals surface area contributed by atoms with Gasteiger partial charge in [-0.1, -0.05) is 12.1 Å². The summed E-state index contributed by atoms with van der Waals surface area (Å²) >= 11 is 0. The molecule has 2 aliphatic heterocycles. The van der Waals surface area contributed by atoms with E-state index in [4.69, 9.17) is 9.84 Å². The largest absolute Gasteiger partial charge is 0.494 e. The molecule has 0 radical (unpaired) electrons. The topological polar surface area (TPSA) is 67.7 Å². The van der Waals surface area contributed by atoms with Gasteiger partial charge in [0.2, 0.25) is 11.8 Å². The van der Waals surface area contributed by atoms with Crippen LogP contribution in [0.4, 0.5) is 0 Å². The summed E-state index contributed by atoms with van der Waals surface area (Å²) in [6.45, 7) is 5.63. The van der Waals surface area contributed by atoms with E-state index < -0.39 is 0 Å². The van der Waals surface area contributed by atoms with Crippen LogP contribution in [0.5, 0.6) is 5.75 Å². The van der Waals surface area contributed by atoms with Crippen molar-refractivity contribution in [1.82, 2.24) is 19.6 Å². The number of hydrogen-bond donors (Lipinski definition) is 0. The summed E-state index contributed by atoms with van der Waals surface area (Å²) in [7, 11) is 1.96. The SMILES string of the molecule is CCOc1ccc(CC(=O)N2CCc3c(c(CCC(=O)N4CCCCC4)nn3C)C2)cc1. The average Bonchev–Trinajstić information content (AvgIpc) is 3.14. The number of rotatable bonds is 7. The van der Waals surface area contributed by atoms with Gasteiger partial charge >= 0.3 is 0 Å². The van der Waals surface area contributed by atoms with Crippen LogP contribution in [0, 0.1) is 0 Å². The minimum Gasteiger partial charge on any atom is -0.494 e. The highest BCUT2D eigenvalue weighted by molar-refractivity contribution is 5.79. The zero-order chi connectivity index (χ0) is 22.5. The lowest BCUT2D eigenvalue weighted by atomic mass is 10.0. The lowest BCUT2D eigenvalue weighted by molar-refractivity contribution is -0.132. The number of benzene rings is 1. The molecular formula is C25H34N4O3. The summed E-state index contributed by atoms with van der Waals surface area (Å²) < 4.78 is 7.42. The molecule has 2 amide bonds. The smallest absolute Gasteiger partial charge is 0.227 e. The molecule has 3 heterocycles. The van der Waals surface area contributed by atoms with Crippen molar-refractivity contribution in [3.63, 3.8) is 0 Å². The zero-order valence-electron chi connectivity index (χ0n) is 19.3. The molecule has 1 aromatic carbocycles. The Morgan fingerprint density at radius 2 is 1.75 bits per heavy atom. The van der Waals surface area contributed by atoms with Crippen molar-refractivity contribution >= 4 is 11.8 Å². The molecule has 1 saturated heterocycles. The van der Waals surface area contributed by atoms with Gasteiger partial charge in [-0.2, -0.15) is 5.10 Å². The fraction of sp³-hybridized carbons (Fsp3) is 0.560. The first kappa shape index (κ1) is 22.4. The Morgan fingerprint density at radius 1 is 1.00 bits per heavy atom. The third-order valence-corrected chi connectivity index (χ3v) is 6.55. The minimum absolute atomic E-state index is 0.124. The van der Waals surface area contributed by atoms with Gasteiger partial charge in [-0.25, -0.2) is 0 Å². The maximum atomic E-state index is 13.0. The lowest BCUT2D eigenvalue weighted by Crippen LogP contribution is -2.37. The van der Waals surface area contributed by atoms with Gasteiger partial charge in [0.25, 0.3) is 0 Å². The van der Waals surface area contributed by atoms with E-state index in [9.17, 15) is 9.59 Å². The maximum absolute atomic E-state index is 13.0. The van der Waals surface area contributed by atoms with Crippen molar-refractivity contribution in [2.75, 3.05) is 26.2 Å². The van der Waals surface area contributed by atoms with Crippen molar-refractivity contribution in [1.29, 1.82) is 0 Å². The van der Waals surface area contributed by atoms with E-state index in [1.54, 1.807) is 0 Å². The first-order valence-corrected chi connectivity index (χ1v) is 11.9. The Balaban J connectivity index is 1.37. The number of amides is 2. The molecule has 1 fully saturated rings. The highest BCUT2D eigenvalue weighted by Gasteiger charge is 2.27. The minimum atomic E-state index is 0.124. The van der Waals surface area contributed by atoms with Gasteiger partial charge in [-0.15, -0.1) is 0 Å². The monoisotopic (exact) mass is 438 g/mol. The predicted molar refractivity (Wildman–Crippen MR) is 122 cm³/mol. The second kappa shape index (κ2) is 10.2. The number of aromatic nitrogens is 2. The number of ether oxygens (including phenoxy) is 1. The Bertz CT molecular complexity index is 945. The first-order chi connectivity index (χ1) is 15.5. The molecule has 7 nitrogen and oxygen atoms in total. The molecule has 7 heteroatoms. The van der Waals surface area contributed by atoms with Crippen LogP contribution in [0.15, 0.2) is 24.3 Å². The zero-order valence-corrected chi connectivity index (χ0v) is 19.3. The molecule has 1 aromatic heterocycles. The predicted octanol–water partition coefficient (Wildman–Crippen LogP) is 2.89. The number of hydrogen-bond acceptors (Lipinski definition) is 4. The maximum Gasteiger partial charge on any atom is 0.227 e. The molecule has 0 aliphatic carbocycles. The molecule has 4 rings (SSSR count). The summed E-state index contributed by atoms with van der Waals surface area (Å²) in [6.07, 6.45) is 5.74. The Hall–Kier alpha value is -2.83. The quantitative estimate of drug-likeness (QED) is 0.667. The highest BCUT2D eigenvalue weighted by Crippen LogP contribution is 2.24. The summed E-state index contributed by atoms with van der Waals surface area (Å²) in [4.78, 5) is 29.5. The van der Waals surface area contributed by atoms with Gasteiger partial charge < -0.3 is 14.5 Å². The number of likely N-dealkylation sites (tertiary alicyclic amines) is 1. The van der Waals surface area contributed by atoms with Crippen molar-refractivity contribution in [3.8, 4) is 5.75 Å². The molecule has 0 saturated carbocycles.